The molecule has 6 nitrogen and oxygen atoms in total. The van der Waals surface area contributed by atoms with E-state index in [-0.39, 0.29) is 17.4 Å². The molecule has 0 aromatic carbocycles. The molecule has 2 aromatic heterocycles. The number of nitrogens with one attached hydrogen (secondary N) is 1. The Morgan fingerprint density at radius 3 is 2.91 bits per heavy atom. The molecule has 0 radical (unpaired) electrons. The zero-order valence-corrected chi connectivity index (χ0v) is 14.4. The number of aromatic nitrogens is 3. The van der Waals surface area contributed by atoms with E-state index in [1.54, 1.807) is 11.3 Å². The number of anilines is 1. The molecule has 1 unspecified atom stereocenters. The van der Waals surface area contributed by atoms with Crippen LogP contribution in [0.15, 0.2) is 6.20 Å². The molecule has 22 heavy (non-hydrogen) atoms. The number of fused-ring (bicyclic) bond motifs is 1. The van der Waals surface area contributed by atoms with Crippen LogP contribution in [-0.2, 0) is 10.2 Å². The molecule has 120 valence electrons. The summed E-state index contributed by atoms with van der Waals surface area (Å²) in [5.41, 5.74) is 1.09. The van der Waals surface area contributed by atoms with Gasteiger partial charge < -0.3 is 10.2 Å². The fourth-order valence-electron chi connectivity index (χ4n) is 2.62. The van der Waals surface area contributed by atoms with Crippen LogP contribution in [0.2, 0.25) is 0 Å². The minimum Gasteiger partial charge on any atom is -0.355 e. The van der Waals surface area contributed by atoms with Gasteiger partial charge in [-0.05, 0) is 6.42 Å². The summed E-state index contributed by atoms with van der Waals surface area (Å²) in [6, 6.07) is 0.286. The van der Waals surface area contributed by atoms with Crippen molar-refractivity contribution in [2.75, 3.05) is 18.4 Å². The summed E-state index contributed by atoms with van der Waals surface area (Å²) >= 11 is 1.56. The maximum atomic E-state index is 11.7. The molecule has 7 heteroatoms. The number of likely N-dealkylation sites (tertiary alicyclic amines) is 1. The lowest BCUT2D eigenvalue weighted by Gasteiger charge is -2.15. The van der Waals surface area contributed by atoms with Crippen LogP contribution in [0.3, 0.4) is 0 Å². The lowest BCUT2D eigenvalue weighted by atomic mass is 9.93. The average molecular weight is 321 g/mol. The van der Waals surface area contributed by atoms with Gasteiger partial charge in [0.1, 0.15) is 0 Å². The van der Waals surface area contributed by atoms with Gasteiger partial charge in [-0.1, -0.05) is 39.0 Å². The second-order valence-electron chi connectivity index (χ2n) is 6.83. The first-order chi connectivity index (χ1) is 10.4. The van der Waals surface area contributed by atoms with Crippen LogP contribution in [0.5, 0.6) is 0 Å². The zero-order valence-electron chi connectivity index (χ0n) is 13.6. The molecule has 1 saturated heterocycles. The van der Waals surface area contributed by atoms with Gasteiger partial charge in [0.15, 0.2) is 0 Å². The topological polar surface area (TPSA) is 62.5 Å². The molecule has 2 aromatic rings. The molecule has 3 heterocycles. The summed E-state index contributed by atoms with van der Waals surface area (Å²) in [7, 11) is 0. The van der Waals surface area contributed by atoms with Crippen LogP contribution in [0.25, 0.3) is 4.96 Å². The first-order valence-corrected chi connectivity index (χ1v) is 8.59. The lowest BCUT2D eigenvalue weighted by molar-refractivity contribution is -0.129. The maximum absolute atomic E-state index is 11.7. The van der Waals surface area contributed by atoms with E-state index in [2.05, 4.69) is 36.2 Å². The largest absolute Gasteiger partial charge is 0.355 e. The zero-order chi connectivity index (χ0) is 15.9. The highest BCUT2D eigenvalue weighted by molar-refractivity contribution is 7.20. The Balaban J connectivity index is 1.68. The van der Waals surface area contributed by atoms with Crippen molar-refractivity contribution < 1.29 is 4.79 Å². The molecule has 0 saturated carbocycles. The Labute approximate surface area is 134 Å². The number of hydrogen-bond acceptors (Lipinski definition) is 5. The van der Waals surface area contributed by atoms with E-state index >= 15 is 0 Å². The van der Waals surface area contributed by atoms with Gasteiger partial charge in [0.05, 0.1) is 11.9 Å². The summed E-state index contributed by atoms with van der Waals surface area (Å²) in [6.45, 7) is 9.96. The molecule has 3 rings (SSSR count). The lowest BCUT2D eigenvalue weighted by Crippen LogP contribution is -2.30. The third kappa shape index (κ3) is 2.95. The van der Waals surface area contributed by atoms with E-state index in [0.717, 1.165) is 35.3 Å². The van der Waals surface area contributed by atoms with Crippen molar-refractivity contribution in [1.29, 1.82) is 0 Å². The Morgan fingerprint density at radius 2 is 2.27 bits per heavy atom. The Morgan fingerprint density at radius 1 is 1.50 bits per heavy atom. The van der Waals surface area contributed by atoms with Crippen molar-refractivity contribution in [3.8, 4) is 0 Å². The first-order valence-electron chi connectivity index (χ1n) is 7.78. The van der Waals surface area contributed by atoms with Gasteiger partial charge >= 0.3 is 0 Å². The molecule has 0 bridgehead atoms. The van der Waals surface area contributed by atoms with Crippen molar-refractivity contribution in [2.45, 2.75) is 52.0 Å². The summed E-state index contributed by atoms with van der Waals surface area (Å²) in [5.74, 6) is 0.230. The van der Waals surface area contributed by atoms with Crippen LogP contribution >= 0.6 is 11.3 Å². The molecule has 1 amide bonds. The summed E-state index contributed by atoms with van der Waals surface area (Å²) < 4.78 is 1.84. The molecule has 1 atom stereocenters. The highest BCUT2D eigenvalue weighted by Gasteiger charge is 2.26. The first kappa shape index (κ1) is 15.3. The Bertz CT molecular complexity index is 652. The van der Waals surface area contributed by atoms with Crippen molar-refractivity contribution in [3.63, 3.8) is 0 Å². The van der Waals surface area contributed by atoms with Crippen LogP contribution in [0, 0.1) is 0 Å². The van der Waals surface area contributed by atoms with E-state index in [9.17, 15) is 4.79 Å². The van der Waals surface area contributed by atoms with Crippen LogP contribution in [0.4, 0.5) is 5.13 Å². The number of carbonyl (C=O) groups is 1. The van der Waals surface area contributed by atoms with Crippen molar-refractivity contribution in [2.24, 2.45) is 0 Å². The minimum absolute atomic E-state index is 0.0352. The predicted molar refractivity (Wildman–Crippen MR) is 88.5 cm³/mol. The quantitative estimate of drug-likeness (QED) is 0.943. The fourth-order valence-corrected chi connectivity index (χ4v) is 3.48. The van der Waals surface area contributed by atoms with Gasteiger partial charge in [0.25, 0.3) is 0 Å². The number of imidazole rings is 1. The number of nitrogens with zero attached hydrogens (tertiary/aromatic N) is 4. The molecular weight excluding hydrogens is 298 g/mol. The smallest absolute Gasteiger partial charge is 0.222 e. The molecule has 0 spiro atoms. The minimum atomic E-state index is 0.0352. The number of rotatable bonds is 3. The van der Waals surface area contributed by atoms with Crippen LogP contribution in [0.1, 0.15) is 46.2 Å². The third-order valence-electron chi connectivity index (χ3n) is 3.98. The normalized spacial score (nSPS) is 19.1. The molecule has 1 N–H and O–H groups in total. The molecule has 1 aliphatic rings. The van der Waals surface area contributed by atoms with Gasteiger partial charge in [-0.25, -0.2) is 9.50 Å². The Hall–Kier alpha value is -1.63. The average Bonchev–Trinajstić information content (AvgIpc) is 3.11. The summed E-state index contributed by atoms with van der Waals surface area (Å²) in [4.78, 5) is 19.2. The van der Waals surface area contributed by atoms with Crippen LogP contribution in [-0.4, -0.2) is 44.5 Å². The third-order valence-corrected chi connectivity index (χ3v) is 4.84. The van der Waals surface area contributed by atoms with E-state index in [0.29, 0.717) is 6.42 Å². The molecule has 1 aliphatic heterocycles. The van der Waals surface area contributed by atoms with E-state index in [1.165, 1.54) is 0 Å². The van der Waals surface area contributed by atoms with Gasteiger partial charge in [-0.3, -0.25) is 4.79 Å². The maximum Gasteiger partial charge on any atom is 0.222 e. The second-order valence-corrected chi connectivity index (χ2v) is 7.79. The van der Waals surface area contributed by atoms with Gasteiger partial charge in [-0.15, -0.1) is 5.10 Å². The number of amides is 1. The van der Waals surface area contributed by atoms with Crippen molar-refractivity contribution >= 4 is 27.3 Å². The molecular formula is C15H23N5OS. The summed E-state index contributed by atoms with van der Waals surface area (Å²) in [5, 5.41) is 8.87. The van der Waals surface area contributed by atoms with Gasteiger partial charge in [0, 0.05) is 31.0 Å². The summed E-state index contributed by atoms with van der Waals surface area (Å²) in [6.07, 6.45) is 3.55. The van der Waals surface area contributed by atoms with Gasteiger partial charge in [0.2, 0.25) is 16.0 Å². The van der Waals surface area contributed by atoms with Crippen molar-refractivity contribution in [3.05, 3.63) is 11.9 Å². The monoisotopic (exact) mass is 321 g/mol. The molecule has 1 fully saturated rings. The van der Waals surface area contributed by atoms with Crippen molar-refractivity contribution in [1.82, 2.24) is 19.5 Å². The van der Waals surface area contributed by atoms with Crippen LogP contribution < -0.4 is 5.32 Å². The highest BCUT2D eigenvalue weighted by Crippen LogP contribution is 2.26. The Kier molecular flexibility index (Phi) is 3.84. The highest BCUT2D eigenvalue weighted by atomic mass is 32.1. The molecule has 0 aliphatic carbocycles. The number of carbonyl (C=O) groups excluding carboxylic acids is 1. The van der Waals surface area contributed by atoms with E-state index < -0.39 is 0 Å². The van der Waals surface area contributed by atoms with Gasteiger partial charge in [-0.2, -0.15) is 0 Å². The predicted octanol–water partition coefficient (Wildman–Crippen LogP) is 2.51. The standard InChI is InChI=1S/C15H23N5OS/c1-5-12(21)19-7-6-10(8-19)16-13-18-20-9-11(15(2,3)4)17-14(20)22-13/h9-10H,5-8H2,1-4H3,(H,16,18). The number of hydrogen-bond donors (Lipinski definition) is 1. The van der Waals surface area contributed by atoms with E-state index in [1.807, 2.05) is 22.5 Å². The van der Waals surface area contributed by atoms with E-state index in [4.69, 9.17) is 0 Å². The fraction of sp³-hybridized carbons (Fsp3) is 0.667. The SMILES string of the molecule is CCC(=O)N1CCC(Nc2nn3cc(C(C)(C)C)nc3s2)C1. The second kappa shape index (κ2) is 5.53.